The number of nitrogens with one attached hydrogen (secondary N) is 1. The van der Waals surface area contributed by atoms with Crippen LogP contribution in [-0.2, 0) is 16.0 Å². The van der Waals surface area contributed by atoms with E-state index in [1.807, 2.05) is 60.7 Å². The van der Waals surface area contributed by atoms with Crippen molar-refractivity contribution in [2.45, 2.75) is 25.1 Å². The fourth-order valence-electron chi connectivity index (χ4n) is 2.47. The Hall–Kier alpha value is -3.46. The van der Waals surface area contributed by atoms with Gasteiger partial charge in [0.2, 0.25) is 5.91 Å². The van der Waals surface area contributed by atoms with Gasteiger partial charge >= 0.3 is 12.1 Å². The van der Waals surface area contributed by atoms with E-state index in [1.165, 1.54) is 5.56 Å². The van der Waals surface area contributed by atoms with Gasteiger partial charge in [0.15, 0.2) is 0 Å². The highest BCUT2D eigenvalue weighted by Crippen LogP contribution is 2.16. The minimum atomic E-state index is -5.08. The quantitative estimate of drug-likeness (QED) is 0.584. The zero-order chi connectivity index (χ0) is 22.1. The minimum Gasteiger partial charge on any atom is -0.475 e. The van der Waals surface area contributed by atoms with Crippen LogP contribution in [0.25, 0.3) is 10.9 Å². The maximum atomic E-state index is 12.2. The van der Waals surface area contributed by atoms with E-state index in [2.05, 4.69) is 10.3 Å². The van der Waals surface area contributed by atoms with Crippen molar-refractivity contribution in [2.75, 3.05) is 5.32 Å². The number of para-hydroxylation sites is 1. The van der Waals surface area contributed by atoms with E-state index in [1.54, 1.807) is 6.20 Å². The Balaban J connectivity index is 0.000000396. The zero-order valence-electron chi connectivity index (χ0n) is 15.8. The van der Waals surface area contributed by atoms with Crippen LogP contribution in [0.15, 0.2) is 66.9 Å². The first-order chi connectivity index (χ1) is 14.2. The molecule has 1 heterocycles. The Morgan fingerprint density at radius 2 is 1.67 bits per heavy atom. The molecule has 0 radical (unpaired) electrons. The molecular formula is C21H20F3N3O3. The van der Waals surface area contributed by atoms with E-state index in [-0.39, 0.29) is 5.91 Å². The molecule has 0 unspecified atom stereocenters. The maximum absolute atomic E-state index is 12.2. The normalized spacial score (nSPS) is 11.9. The number of halogens is 3. The second-order valence-corrected chi connectivity index (χ2v) is 6.34. The second kappa shape index (κ2) is 10.4. The fraction of sp³-hybridized carbons (Fsp3) is 0.190. The highest BCUT2D eigenvalue weighted by Gasteiger charge is 2.38. The summed E-state index contributed by atoms with van der Waals surface area (Å²) >= 11 is 0. The van der Waals surface area contributed by atoms with Crippen molar-refractivity contribution in [1.29, 1.82) is 0 Å². The van der Waals surface area contributed by atoms with E-state index in [0.29, 0.717) is 12.1 Å². The fourth-order valence-corrected chi connectivity index (χ4v) is 2.47. The smallest absolute Gasteiger partial charge is 0.475 e. The number of aryl methyl sites for hydroxylation is 1. The molecule has 1 amide bonds. The molecule has 6 nitrogen and oxygen atoms in total. The van der Waals surface area contributed by atoms with Crippen LogP contribution >= 0.6 is 0 Å². The van der Waals surface area contributed by atoms with Crippen LogP contribution in [0.2, 0.25) is 0 Å². The number of hydrogen-bond acceptors (Lipinski definition) is 4. The van der Waals surface area contributed by atoms with Crippen molar-refractivity contribution < 1.29 is 27.9 Å². The van der Waals surface area contributed by atoms with Crippen molar-refractivity contribution in [2.24, 2.45) is 5.73 Å². The average Bonchev–Trinajstić information content (AvgIpc) is 2.72. The number of hydrogen-bond donors (Lipinski definition) is 3. The van der Waals surface area contributed by atoms with Gasteiger partial charge in [-0.3, -0.25) is 9.78 Å². The third-order valence-corrected chi connectivity index (χ3v) is 4.02. The highest BCUT2D eigenvalue weighted by molar-refractivity contribution is 5.96. The van der Waals surface area contributed by atoms with Gasteiger partial charge < -0.3 is 16.2 Å². The number of alkyl halides is 3. The SMILES string of the molecule is N[C@H](CCc1ccccc1)C(=O)Nc1cnc2ccccc2c1.O=C(O)C(F)(F)F. The van der Waals surface area contributed by atoms with Gasteiger partial charge in [-0.05, 0) is 30.5 Å². The predicted molar refractivity (Wildman–Crippen MR) is 107 cm³/mol. The number of rotatable bonds is 5. The summed E-state index contributed by atoms with van der Waals surface area (Å²) in [4.78, 5) is 25.4. The summed E-state index contributed by atoms with van der Waals surface area (Å²) in [6.45, 7) is 0. The molecule has 1 aromatic heterocycles. The molecule has 0 bridgehead atoms. The summed E-state index contributed by atoms with van der Waals surface area (Å²) in [7, 11) is 0. The van der Waals surface area contributed by atoms with Gasteiger partial charge in [-0.25, -0.2) is 4.79 Å². The molecule has 0 fully saturated rings. The van der Waals surface area contributed by atoms with Crippen molar-refractivity contribution >= 4 is 28.5 Å². The highest BCUT2D eigenvalue weighted by atomic mass is 19.4. The van der Waals surface area contributed by atoms with Gasteiger partial charge in [0.05, 0.1) is 23.4 Å². The predicted octanol–water partition coefficient (Wildman–Crippen LogP) is 3.77. The lowest BCUT2D eigenvalue weighted by Gasteiger charge is -2.12. The first-order valence-corrected chi connectivity index (χ1v) is 8.92. The Labute approximate surface area is 170 Å². The number of benzene rings is 2. The summed E-state index contributed by atoms with van der Waals surface area (Å²) in [6.07, 6.45) is -2.04. The van der Waals surface area contributed by atoms with Crippen LogP contribution in [0.3, 0.4) is 0 Å². The summed E-state index contributed by atoms with van der Waals surface area (Å²) in [5.41, 5.74) is 8.75. The van der Waals surface area contributed by atoms with E-state index in [9.17, 15) is 18.0 Å². The van der Waals surface area contributed by atoms with Gasteiger partial charge in [0.25, 0.3) is 0 Å². The molecule has 0 aliphatic heterocycles. The minimum absolute atomic E-state index is 0.182. The summed E-state index contributed by atoms with van der Waals surface area (Å²) in [5.74, 6) is -2.94. The third kappa shape index (κ3) is 7.17. The number of aliphatic carboxylic acids is 1. The Morgan fingerprint density at radius 1 is 1.07 bits per heavy atom. The molecule has 158 valence electrons. The van der Waals surface area contributed by atoms with E-state index < -0.39 is 18.2 Å². The topological polar surface area (TPSA) is 105 Å². The molecule has 3 aromatic rings. The number of fused-ring (bicyclic) bond motifs is 1. The number of carboxylic acid groups (broad SMARTS) is 1. The van der Waals surface area contributed by atoms with Gasteiger partial charge in [-0.2, -0.15) is 13.2 Å². The van der Waals surface area contributed by atoms with Crippen LogP contribution in [0.4, 0.5) is 18.9 Å². The number of carbonyl (C=O) groups excluding carboxylic acids is 1. The van der Waals surface area contributed by atoms with E-state index in [4.69, 9.17) is 15.6 Å². The molecule has 3 rings (SSSR count). The Kier molecular flexibility index (Phi) is 7.88. The first-order valence-electron chi connectivity index (χ1n) is 8.92. The molecule has 0 aliphatic carbocycles. The molecule has 4 N–H and O–H groups in total. The van der Waals surface area contributed by atoms with Crippen molar-refractivity contribution in [3.63, 3.8) is 0 Å². The van der Waals surface area contributed by atoms with Crippen molar-refractivity contribution in [1.82, 2.24) is 4.98 Å². The van der Waals surface area contributed by atoms with Gasteiger partial charge in [0.1, 0.15) is 0 Å². The van der Waals surface area contributed by atoms with Crippen molar-refractivity contribution in [3.05, 3.63) is 72.4 Å². The summed E-state index contributed by atoms with van der Waals surface area (Å²) < 4.78 is 31.7. The van der Waals surface area contributed by atoms with E-state index >= 15 is 0 Å². The molecule has 0 saturated heterocycles. The standard InChI is InChI=1S/C19H19N3O.C2HF3O2/c20-17(11-10-14-6-2-1-3-7-14)19(23)22-16-12-15-8-4-5-9-18(15)21-13-16;3-2(4,5)1(6)7/h1-9,12-13,17H,10-11,20H2,(H,22,23);(H,6,7)/t17-;/m1./s1. The number of anilines is 1. The monoisotopic (exact) mass is 419 g/mol. The van der Waals surface area contributed by atoms with Crippen LogP contribution in [0.1, 0.15) is 12.0 Å². The number of amides is 1. The number of aromatic nitrogens is 1. The second-order valence-electron chi connectivity index (χ2n) is 6.34. The van der Waals surface area contributed by atoms with E-state index in [0.717, 1.165) is 17.3 Å². The Bertz CT molecular complexity index is 995. The first kappa shape index (κ1) is 22.8. The van der Waals surface area contributed by atoms with Crippen LogP contribution < -0.4 is 11.1 Å². The lowest BCUT2D eigenvalue weighted by molar-refractivity contribution is -0.192. The van der Waals surface area contributed by atoms with Gasteiger partial charge in [-0.15, -0.1) is 0 Å². The average molecular weight is 419 g/mol. The number of carboxylic acids is 1. The number of carbonyl (C=O) groups is 2. The largest absolute Gasteiger partial charge is 0.490 e. The van der Waals surface area contributed by atoms with Gasteiger partial charge in [0, 0.05) is 5.39 Å². The lowest BCUT2D eigenvalue weighted by atomic mass is 10.1. The van der Waals surface area contributed by atoms with Crippen LogP contribution in [0, 0.1) is 0 Å². The summed E-state index contributed by atoms with van der Waals surface area (Å²) in [6, 6.07) is 19.2. The van der Waals surface area contributed by atoms with Crippen LogP contribution in [-0.4, -0.2) is 34.2 Å². The molecule has 2 aromatic carbocycles. The molecule has 0 aliphatic rings. The molecule has 30 heavy (non-hydrogen) atoms. The zero-order valence-corrected chi connectivity index (χ0v) is 15.8. The Morgan fingerprint density at radius 3 is 2.30 bits per heavy atom. The molecule has 0 spiro atoms. The van der Waals surface area contributed by atoms with Crippen LogP contribution in [0.5, 0.6) is 0 Å². The number of nitrogens with two attached hydrogens (primary N) is 1. The summed E-state index contributed by atoms with van der Waals surface area (Å²) in [5, 5.41) is 11.0. The van der Waals surface area contributed by atoms with Gasteiger partial charge in [-0.1, -0.05) is 48.5 Å². The third-order valence-electron chi connectivity index (χ3n) is 4.02. The lowest BCUT2D eigenvalue weighted by Crippen LogP contribution is -2.36. The molecular weight excluding hydrogens is 399 g/mol. The van der Waals surface area contributed by atoms with Crippen molar-refractivity contribution in [3.8, 4) is 0 Å². The maximum Gasteiger partial charge on any atom is 0.490 e. The number of nitrogens with zero attached hydrogens (tertiary/aromatic N) is 1. The molecule has 0 saturated carbocycles. The molecule has 1 atom stereocenters. The number of pyridine rings is 1. The molecule has 9 heteroatoms.